The Labute approximate surface area is 141 Å². The number of nitrogens with zero attached hydrogens (tertiary/aromatic N) is 2. The van der Waals surface area contributed by atoms with E-state index in [0.29, 0.717) is 36.7 Å². The zero-order chi connectivity index (χ0) is 17.4. The van der Waals surface area contributed by atoms with Crippen LogP contribution in [0.5, 0.6) is 0 Å². The summed E-state index contributed by atoms with van der Waals surface area (Å²) in [6, 6.07) is 6.69. The zero-order valence-electron chi connectivity index (χ0n) is 14.1. The second-order valence-electron chi connectivity index (χ2n) is 5.48. The molecule has 0 saturated heterocycles. The molecule has 128 valence electrons. The van der Waals surface area contributed by atoms with Gasteiger partial charge < -0.3 is 14.6 Å². The van der Waals surface area contributed by atoms with E-state index < -0.39 is 0 Å². The molecule has 0 radical (unpaired) electrons. The van der Waals surface area contributed by atoms with Crippen LogP contribution in [0.15, 0.2) is 41.1 Å². The molecule has 2 aromatic rings. The molecule has 0 unspecified atom stereocenters. The van der Waals surface area contributed by atoms with Crippen LogP contribution in [-0.2, 0) is 6.54 Å². The quantitative estimate of drug-likeness (QED) is 0.808. The van der Waals surface area contributed by atoms with Gasteiger partial charge in [-0.05, 0) is 37.1 Å². The molecule has 0 atom stereocenters. The third-order valence-corrected chi connectivity index (χ3v) is 3.52. The lowest BCUT2D eigenvalue weighted by molar-refractivity contribution is 0.0749. The molecule has 0 aliphatic rings. The number of carbonyl (C=O) groups is 2. The molecular weight excluding hydrogens is 306 g/mol. The summed E-state index contributed by atoms with van der Waals surface area (Å²) in [5, 5.41) is 2.76. The smallest absolute Gasteiger partial charge is 0.272 e. The summed E-state index contributed by atoms with van der Waals surface area (Å²) < 4.78 is 5.18. The molecule has 0 saturated carbocycles. The highest BCUT2D eigenvalue weighted by Gasteiger charge is 2.17. The van der Waals surface area contributed by atoms with Crippen LogP contribution >= 0.6 is 0 Å². The van der Waals surface area contributed by atoms with Gasteiger partial charge in [0, 0.05) is 24.8 Å². The molecule has 0 aromatic carbocycles. The number of carbonyl (C=O) groups excluding carboxylic acids is 2. The standard InChI is InChI=1S/C18H23N3O3/c1-3-9-21(10-4-2)18(23)16-12-14(7-8-19-16)17(22)20-13-15-6-5-11-24-15/h5-8,11-12H,3-4,9-10,13H2,1-2H3,(H,20,22). The number of rotatable bonds is 8. The molecule has 0 bridgehead atoms. The number of pyridine rings is 1. The van der Waals surface area contributed by atoms with Gasteiger partial charge in [-0.2, -0.15) is 0 Å². The first-order valence-corrected chi connectivity index (χ1v) is 8.21. The van der Waals surface area contributed by atoms with Crippen LogP contribution < -0.4 is 5.32 Å². The van der Waals surface area contributed by atoms with Gasteiger partial charge in [0.1, 0.15) is 11.5 Å². The summed E-state index contributed by atoms with van der Waals surface area (Å²) in [6.07, 6.45) is 4.82. The van der Waals surface area contributed by atoms with Crippen molar-refractivity contribution in [1.29, 1.82) is 0 Å². The lowest BCUT2D eigenvalue weighted by Crippen LogP contribution is -2.33. The van der Waals surface area contributed by atoms with E-state index in [2.05, 4.69) is 10.3 Å². The molecule has 0 spiro atoms. The highest BCUT2D eigenvalue weighted by Crippen LogP contribution is 2.08. The van der Waals surface area contributed by atoms with Crippen molar-refractivity contribution in [2.75, 3.05) is 13.1 Å². The molecule has 2 heterocycles. The van der Waals surface area contributed by atoms with Gasteiger partial charge >= 0.3 is 0 Å². The first-order valence-electron chi connectivity index (χ1n) is 8.21. The van der Waals surface area contributed by atoms with E-state index in [4.69, 9.17) is 4.42 Å². The predicted molar refractivity (Wildman–Crippen MR) is 90.6 cm³/mol. The molecule has 6 nitrogen and oxygen atoms in total. The molecule has 0 fully saturated rings. The van der Waals surface area contributed by atoms with Gasteiger partial charge in [0.15, 0.2) is 0 Å². The van der Waals surface area contributed by atoms with E-state index in [1.165, 1.54) is 12.3 Å². The molecule has 2 aromatic heterocycles. The van der Waals surface area contributed by atoms with Crippen LogP contribution in [0.3, 0.4) is 0 Å². The molecule has 0 aliphatic heterocycles. The van der Waals surface area contributed by atoms with E-state index >= 15 is 0 Å². The molecule has 2 amide bonds. The van der Waals surface area contributed by atoms with E-state index in [-0.39, 0.29) is 11.8 Å². The highest BCUT2D eigenvalue weighted by atomic mass is 16.3. The number of nitrogens with one attached hydrogen (secondary N) is 1. The van der Waals surface area contributed by atoms with Crippen molar-refractivity contribution >= 4 is 11.8 Å². The number of aromatic nitrogens is 1. The lowest BCUT2D eigenvalue weighted by Gasteiger charge is -2.21. The molecule has 24 heavy (non-hydrogen) atoms. The van der Waals surface area contributed by atoms with Gasteiger partial charge in [-0.1, -0.05) is 13.8 Å². The third kappa shape index (κ3) is 4.68. The molecule has 2 rings (SSSR count). The van der Waals surface area contributed by atoms with E-state index in [1.807, 2.05) is 13.8 Å². The van der Waals surface area contributed by atoms with Crippen LogP contribution in [0.4, 0.5) is 0 Å². The number of amides is 2. The summed E-state index contributed by atoms with van der Waals surface area (Å²) >= 11 is 0. The maximum Gasteiger partial charge on any atom is 0.272 e. The first-order chi connectivity index (χ1) is 11.7. The van der Waals surface area contributed by atoms with E-state index in [0.717, 1.165) is 12.8 Å². The van der Waals surface area contributed by atoms with Crippen LogP contribution in [0.2, 0.25) is 0 Å². The lowest BCUT2D eigenvalue weighted by atomic mass is 10.2. The minimum Gasteiger partial charge on any atom is -0.467 e. The molecule has 1 N–H and O–H groups in total. The summed E-state index contributed by atoms with van der Waals surface area (Å²) in [5.41, 5.74) is 0.704. The van der Waals surface area contributed by atoms with E-state index in [1.54, 1.807) is 29.4 Å². The molecular formula is C18H23N3O3. The Hall–Kier alpha value is -2.63. The third-order valence-electron chi connectivity index (χ3n) is 3.52. The highest BCUT2D eigenvalue weighted by molar-refractivity contribution is 5.98. The van der Waals surface area contributed by atoms with Crippen molar-refractivity contribution in [1.82, 2.24) is 15.2 Å². The Morgan fingerprint density at radius 3 is 2.58 bits per heavy atom. The average molecular weight is 329 g/mol. The van der Waals surface area contributed by atoms with Crippen molar-refractivity contribution in [3.8, 4) is 0 Å². The molecule has 0 aliphatic carbocycles. The topological polar surface area (TPSA) is 75.4 Å². The van der Waals surface area contributed by atoms with Crippen molar-refractivity contribution in [2.45, 2.75) is 33.2 Å². The number of hydrogen-bond donors (Lipinski definition) is 1. The largest absolute Gasteiger partial charge is 0.467 e. The van der Waals surface area contributed by atoms with Crippen molar-refractivity contribution in [3.05, 3.63) is 53.7 Å². The van der Waals surface area contributed by atoms with Crippen LogP contribution in [0.1, 0.15) is 53.3 Å². The van der Waals surface area contributed by atoms with Gasteiger partial charge in [0.05, 0.1) is 12.8 Å². The maximum atomic E-state index is 12.6. The van der Waals surface area contributed by atoms with Gasteiger partial charge in [-0.25, -0.2) is 0 Å². The first kappa shape index (κ1) is 17.7. The Morgan fingerprint density at radius 1 is 1.21 bits per heavy atom. The van der Waals surface area contributed by atoms with Crippen LogP contribution in [0.25, 0.3) is 0 Å². The number of hydrogen-bond acceptors (Lipinski definition) is 4. The summed E-state index contributed by atoms with van der Waals surface area (Å²) in [4.78, 5) is 30.7. The minimum atomic E-state index is -0.264. The SMILES string of the molecule is CCCN(CCC)C(=O)c1cc(C(=O)NCc2ccco2)ccn1. The monoisotopic (exact) mass is 329 g/mol. The van der Waals surface area contributed by atoms with Gasteiger partial charge in [0.2, 0.25) is 0 Å². The fourth-order valence-electron chi connectivity index (χ4n) is 2.39. The Kier molecular flexibility index (Phi) is 6.54. The van der Waals surface area contributed by atoms with Crippen molar-refractivity contribution in [3.63, 3.8) is 0 Å². The van der Waals surface area contributed by atoms with Gasteiger partial charge in [-0.3, -0.25) is 14.6 Å². The van der Waals surface area contributed by atoms with E-state index in [9.17, 15) is 9.59 Å². The summed E-state index contributed by atoms with van der Waals surface area (Å²) in [7, 11) is 0. The average Bonchev–Trinajstić information content (AvgIpc) is 3.12. The van der Waals surface area contributed by atoms with Crippen molar-refractivity contribution in [2.24, 2.45) is 0 Å². The van der Waals surface area contributed by atoms with Crippen LogP contribution in [-0.4, -0.2) is 34.8 Å². The summed E-state index contributed by atoms with van der Waals surface area (Å²) in [5.74, 6) is 0.269. The summed E-state index contributed by atoms with van der Waals surface area (Å²) in [6.45, 7) is 5.73. The van der Waals surface area contributed by atoms with Crippen LogP contribution in [0, 0.1) is 0 Å². The second-order valence-corrected chi connectivity index (χ2v) is 5.48. The number of furan rings is 1. The zero-order valence-corrected chi connectivity index (χ0v) is 14.1. The predicted octanol–water partition coefficient (Wildman–Crippen LogP) is 2.87. The Bertz CT molecular complexity index is 662. The Morgan fingerprint density at radius 2 is 1.96 bits per heavy atom. The molecule has 6 heteroatoms. The second kappa shape index (κ2) is 8.86. The fraction of sp³-hybridized carbons (Fsp3) is 0.389. The van der Waals surface area contributed by atoms with Gasteiger partial charge in [-0.15, -0.1) is 0 Å². The Balaban J connectivity index is 2.06. The van der Waals surface area contributed by atoms with Crippen molar-refractivity contribution < 1.29 is 14.0 Å². The normalized spacial score (nSPS) is 10.4. The fourth-order valence-corrected chi connectivity index (χ4v) is 2.39. The minimum absolute atomic E-state index is 0.139. The maximum absolute atomic E-state index is 12.6. The van der Waals surface area contributed by atoms with Gasteiger partial charge in [0.25, 0.3) is 11.8 Å².